The van der Waals surface area contributed by atoms with Gasteiger partial charge in [-0.2, -0.15) is 5.26 Å². The number of rotatable bonds is 8. The molecule has 5 heteroatoms. The molecule has 0 radical (unpaired) electrons. The van der Waals surface area contributed by atoms with Crippen LogP contribution >= 0.6 is 0 Å². The molecular weight excluding hydrogens is 374 g/mol. The molecule has 0 aliphatic carbocycles. The molecule has 1 saturated heterocycles. The number of nitrogens with zero attached hydrogens (tertiary/aromatic N) is 2. The zero-order chi connectivity index (χ0) is 21.3. The Labute approximate surface area is 179 Å². The number of ether oxygens (including phenoxy) is 1. The molecule has 2 aromatic rings. The molecule has 1 amide bonds. The number of carbonyl (C=O) groups excluding carboxylic acids is 1. The standard InChI is InChI=1S/C25H31N3O2/c1-19(2)24(30-23-9-5-4-8-22(23)16-26)25(29)27-17-20-10-12-21(13-11-20)18-28-14-6-3-7-15-28/h4-5,8-13,19,24H,3,6-7,14-15,17-18H2,1-2H3,(H,27,29). The largest absolute Gasteiger partial charge is 0.479 e. The number of likely N-dealkylation sites (tertiary alicyclic amines) is 1. The molecule has 1 atom stereocenters. The van der Waals surface area contributed by atoms with Gasteiger partial charge in [-0.3, -0.25) is 9.69 Å². The van der Waals surface area contributed by atoms with Gasteiger partial charge in [0, 0.05) is 13.1 Å². The number of piperidine rings is 1. The van der Waals surface area contributed by atoms with Crippen molar-refractivity contribution in [3.63, 3.8) is 0 Å². The summed E-state index contributed by atoms with van der Waals surface area (Å²) < 4.78 is 5.91. The summed E-state index contributed by atoms with van der Waals surface area (Å²) in [5, 5.41) is 12.2. The Morgan fingerprint density at radius 2 is 1.73 bits per heavy atom. The molecule has 3 rings (SSSR count). The van der Waals surface area contributed by atoms with E-state index in [9.17, 15) is 10.1 Å². The van der Waals surface area contributed by atoms with Crippen LogP contribution in [0.2, 0.25) is 0 Å². The summed E-state index contributed by atoms with van der Waals surface area (Å²) in [5.74, 6) is 0.245. The Kier molecular flexibility index (Phi) is 7.87. The van der Waals surface area contributed by atoms with E-state index in [1.165, 1.54) is 37.9 Å². The molecule has 0 aromatic heterocycles. The van der Waals surface area contributed by atoms with Gasteiger partial charge in [0.05, 0.1) is 5.56 Å². The molecule has 1 N–H and O–H groups in total. The zero-order valence-corrected chi connectivity index (χ0v) is 17.9. The SMILES string of the molecule is CC(C)C(Oc1ccccc1C#N)C(=O)NCc1ccc(CN2CCCCC2)cc1. The fourth-order valence-corrected chi connectivity index (χ4v) is 3.72. The lowest BCUT2D eigenvalue weighted by atomic mass is 10.1. The predicted molar refractivity (Wildman–Crippen MR) is 118 cm³/mol. The Hall–Kier alpha value is -2.84. The van der Waals surface area contributed by atoms with Crippen LogP contribution in [0.5, 0.6) is 5.75 Å². The molecule has 1 aliphatic rings. The lowest BCUT2D eigenvalue weighted by molar-refractivity contribution is -0.130. The highest BCUT2D eigenvalue weighted by Crippen LogP contribution is 2.21. The maximum absolute atomic E-state index is 12.8. The van der Waals surface area contributed by atoms with E-state index < -0.39 is 6.10 Å². The van der Waals surface area contributed by atoms with Crippen LogP contribution in [0.25, 0.3) is 0 Å². The predicted octanol–water partition coefficient (Wildman–Crippen LogP) is 4.26. The smallest absolute Gasteiger partial charge is 0.261 e. The van der Waals surface area contributed by atoms with Gasteiger partial charge in [0.2, 0.25) is 0 Å². The molecule has 2 aromatic carbocycles. The van der Waals surface area contributed by atoms with Crippen molar-refractivity contribution in [1.82, 2.24) is 10.2 Å². The molecule has 1 unspecified atom stereocenters. The highest BCUT2D eigenvalue weighted by atomic mass is 16.5. The van der Waals surface area contributed by atoms with Crippen LogP contribution in [-0.4, -0.2) is 30.0 Å². The molecule has 1 fully saturated rings. The van der Waals surface area contributed by atoms with Gasteiger partial charge in [0.25, 0.3) is 5.91 Å². The van der Waals surface area contributed by atoms with E-state index in [1.54, 1.807) is 24.3 Å². The van der Waals surface area contributed by atoms with E-state index in [4.69, 9.17) is 4.74 Å². The minimum atomic E-state index is -0.655. The van der Waals surface area contributed by atoms with E-state index in [-0.39, 0.29) is 11.8 Å². The lowest BCUT2D eigenvalue weighted by Gasteiger charge is -2.26. The van der Waals surface area contributed by atoms with Gasteiger partial charge in [-0.1, -0.05) is 56.7 Å². The van der Waals surface area contributed by atoms with E-state index in [0.717, 1.165) is 12.1 Å². The maximum Gasteiger partial charge on any atom is 0.261 e. The van der Waals surface area contributed by atoms with Crippen molar-refractivity contribution in [2.75, 3.05) is 13.1 Å². The summed E-state index contributed by atoms with van der Waals surface area (Å²) in [6.07, 6.45) is 3.28. The number of benzene rings is 2. The van der Waals surface area contributed by atoms with Gasteiger partial charge in [-0.15, -0.1) is 0 Å². The Balaban J connectivity index is 1.55. The summed E-state index contributed by atoms with van der Waals surface area (Å²) in [4.78, 5) is 15.3. The van der Waals surface area contributed by atoms with Gasteiger partial charge in [-0.05, 0) is 55.1 Å². The van der Waals surface area contributed by atoms with Gasteiger partial charge in [0.1, 0.15) is 11.8 Å². The van der Waals surface area contributed by atoms with Crippen molar-refractivity contribution in [3.05, 3.63) is 65.2 Å². The lowest BCUT2D eigenvalue weighted by Crippen LogP contribution is -2.41. The van der Waals surface area contributed by atoms with Gasteiger partial charge < -0.3 is 10.1 Å². The zero-order valence-electron chi connectivity index (χ0n) is 17.9. The number of para-hydroxylation sites is 1. The molecule has 5 nitrogen and oxygen atoms in total. The maximum atomic E-state index is 12.8. The first-order chi connectivity index (χ1) is 14.6. The van der Waals surface area contributed by atoms with Crippen LogP contribution < -0.4 is 10.1 Å². The van der Waals surface area contributed by atoms with Crippen molar-refractivity contribution in [2.24, 2.45) is 5.92 Å². The van der Waals surface area contributed by atoms with Gasteiger partial charge >= 0.3 is 0 Å². The third kappa shape index (κ3) is 6.08. The number of amides is 1. The number of hydrogen-bond donors (Lipinski definition) is 1. The van der Waals surface area contributed by atoms with Crippen LogP contribution in [0.3, 0.4) is 0 Å². The monoisotopic (exact) mass is 405 g/mol. The van der Waals surface area contributed by atoms with Gasteiger partial charge in [0.15, 0.2) is 6.10 Å². The van der Waals surface area contributed by atoms with Gasteiger partial charge in [-0.25, -0.2) is 0 Å². The third-order valence-corrected chi connectivity index (χ3v) is 5.47. The van der Waals surface area contributed by atoms with Crippen LogP contribution in [0.4, 0.5) is 0 Å². The number of hydrogen-bond acceptors (Lipinski definition) is 4. The quantitative estimate of drug-likeness (QED) is 0.712. The fraction of sp³-hybridized carbons (Fsp3) is 0.440. The van der Waals surface area contributed by atoms with E-state index in [0.29, 0.717) is 17.9 Å². The molecule has 1 aliphatic heterocycles. The first-order valence-electron chi connectivity index (χ1n) is 10.8. The summed E-state index contributed by atoms with van der Waals surface area (Å²) in [6.45, 7) is 7.69. The normalized spacial score (nSPS) is 15.4. The molecular formula is C25H31N3O2. The van der Waals surface area contributed by atoms with Crippen LogP contribution in [0.15, 0.2) is 48.5 Å². The molecule has 0 saturated carbocycles. The Morgan fingerprint density at radius 3 is 2.40 bits per heavy atom. The van der Waals surface area contributed by atoms with E-state index in [2.05, 4.69) is 40.6 Å². The first-order valence-corrected chi connectivity index (χ1v) is 10.8. The second-order valence-electron chi connectivity index (χ2n) is 8.26. The molecule has 0 bridgehead atoms. The Bertz CT molecular complexity index is 865. The molecule has 0 spiro atoms. The summed E-state index contributed by atoms with van der Waals surface area (Å²) >= 11 is 0. The average Bonchev–Trinajstić information content (AvgIpc) is 2.77. The minimum Gasteiger partial charge on any atom is -0.479 e. The summed E-state index contributed by atoms with van der Waals surface area (Å²) in [6, 6.07) is 17.6. The number of carbonyl (C=O) groups is 1. The van der Waals surface area contributed by atoms with E-state index >= 15 is 0 Å². The van der Waals surface area contributed by atoms with Crippen molar-refractivity contribution >= 4 is 5.91 Å². The fourth-order valence-electron chi connectivity index (χ4n) is 3.72. The number of nitrogens with one attached hydrogen (secondary N) is 1. The van der Waals surface area contributed by atoms with Crippen LogP contribution in [-0.2, 0) is 17.9 Å². The van der Waals surface area contributed by atoms with Crippen molar-refractivity contribution < 1.29 is 9.53 Å². The van der Waals surface area contributed by atoms with Crippen molar-refractivity contribution in [3.8, 4) is 11.8 Å². The molecule has 158 valence electrons. The molecule has 1 heterocycles. The molecule has 30 heavy (non-hydrogen) atoms. The van der Waals surface area contributed by atoms with Crippen LogP contribution in [0.1, 0.15) is 49.8 Å². The topological polar surface area (TPSA) is 65.4 Å². The number of nitriles is 1. The third-order valence-electron chi connectivity index (χ3n) is 5.47. The first kappa shape index (κ1) is 21.9. The van der Waals surface area contributed by atoms with Crippen LogP contribution in [0, 0.1) is 17.2 Å². The van der Waals surface area contributed by atoms with Crippen molar-refractivity contribution in [1.29, 1.82) is 5.26 Å². The highest BCUT2D eigenvalue weighted by molar-refractivity contribution is 5.81. The minimum absolute atomic E-state index is 0.0244. The second kappa shape index (κ2) is 10.8. The van der Waals surface area contributed by atoms with E-state index in [1.807, 2.05) is 13.8 Å². The summed E-state index contributed by atoms with van der Waals surface area (Å²) in [7, 11) is 0. The second-order valence-corrected chi connectivity index (χ2v) is 8.26. The van der Waals surface area contributed by atoms with Crippen molar-refractivity contribution in [2.45, 2.75) is 52.3 Å². The Morgan fingerprint density at radius 1 is 1.07 bits per heavy atom. The summed E-state index contributed by atoms with van der Waals surface area (Å²) in [5.41, 5.74) is 2.80. The average molecular weight is 406 g/mol. The highest BCUT2D eigenvalue weighted by Gasteiger charge is 2.25.